The van der Waals surface area contributed by atoms with Crippen LogP contribution in [0.5, 0.6) is 5.75 Å². The fraction of sp³-hybridized carbons (Fsp3) is 0.550. The Morgan fingerprint density at radius 1 is 0.808 bits per heavy atom. The van der Waals surface area contributed by atoms with Crippen LogP contribution in [0.3, 0.4) is 0 Å². The van der Waals surface area contributed by atoms with E-state index in [0.717, 1.165) is 69.7 Å². The van der Waals surface area contributed by atoms with Crippen molar-refractivity contribution in [2.75, 3.05) is 39.3 Å². The number of aromatic nitrogens is 1. The topological polar surface area (TPSA) is 95.2 Å². The van der Waals surface area contributed by atoms with Gasteiger partial charge in [-0.25, -0.2) is 4.98 Å². The third-order valence-electron chi connectivity index (χ3n) is 4.28. The molecule has 1 aromatic heterocycles. The van der Waals surface area contributed by atoms with E-state index in [1.54, 1.807) is 6.07 Å². The van der Waals surface area contributed by atoms with Gasteiger partial charge in [0.1, 0.15) is 11.3 Å². The van der Waals surface area contributed by atoms with Crippen LogP contribution in [0.4, 0.5) is 0 Å². The zero-order valence-electron chi connectivity index (χ0n) is 15.6. The van der Waals surface area contributed by atoms with E-state index in [0.29, 0.717) is 5.52 Å². The molecular formula is C20H33N5O. The molecule has 0 aliphatic heterocycles. The number of phenols is 1. The second-order valence-corrected chi connectivity index (χ2v) is 6.53. The Hall–Kier alpha value is -1.73. The first-order valence-corrected chi connectivity index (χ1v) is 9.71. The van der Waals surface area contributed by atoms with Gasteiger partial charge in [-0.05, 0) is 77.1 Å². The second-order valence-electron chi connectivity index (χ2n) is 6.53. The molecule has 6 heteroatoms. The molecule has 0 fully saturated rings. The number of fused-ring (bicyclic) bond motifs is 1. The van der Waals surface area contributed by atoms with Crippen LogP contribution in [-0.4, -0.2) is 49.4 Å². The molecule has 0 unspecified atom stereocenters. The van der Waals surface area contributed by atoms with Gasteiger partial charge >= 0.3 is 0 Å². The predicted octanol–water partition coefficient (Wildman–Crippen LogP) is 1.73. The quantitative estimate of drug-likeness (QED) is 0.330. The lowest BCUT2D eigenvalue weighted by Crippen LogP contribution is -2.24. The number of nitrogens with one attached hydrogen (secondary N) is 3. The van der Waals surface area contributed by atoms with Crippen molar-refractivity contribution < 1.29 is 5.11 Å². The number of para-hydroxylation sites is 1. The maximum Gasteiger partial charge on any atom is 0.141 e. The summed E-state index contributed by atoms with van der Waals surface area (Å²) in [7, 11) is 0. The number of nitrogens with zero attached hydrogens (tertiary/aromatic N) is 1. The molecule has 0 saturated heterocycles. The summed E-state index contributed by atoms with van der Waals surface area (Å²) < 4.78 is 0. The van der Waals surface area contributed by atoms with Crippen LogP contribution < -0.4 is 21.7 Å². The Morgan fingerprint density at radius 3 is 2.27 bits per heavy atom. The first-order chi connectivity index (χ1) is 12.8. The van der Waals surface area contributed by atoms with E-state index in [1.807, 2.05) is 24.3 Å². The Morgan fingerprint density at radius 2 is 1.50 bits per heavy atom. The highest BCUT2D eigenvalue weighted by Gasteiger charge is 2.02. The van der Waals surface area contributed by atoms with E-state index >= 15 is 0 Å². The standard InChI is InChI=1S/C20H33N5O/c21-10-4-13-22-11-1-2-12-23-14-5-15-24-16-18-9-8-17-6-3-7-19(26)20(17)25-18/h3,6-9,22-24,26H,1-2,4-5,10-16,21H2. The van der Waals surface area contributed by atoms with Gasteiger partial charge in [0.25, 0.3) is 0 Å². The summed E-state index contributed by atoms with van der Waals surface area (Å²) in [5, 5.41) is 21.1. The Balaban J connectivity index is 1.48. The summed E-state index contributed by atoms with van der Waals surface area (Å²) in [4.78, 5) is 4.53. The Kier molecular flexibility index (Phi) is 9.97. The van der Waals surface area contributed by atoms with Gasteiger partial charge in [0, 0.05) is 11.9 Å². The van der Waals surface area contributed by atoms with Crippen LogP contribution in [0.1, 0.15) is 31.4 Å². The number of phenolic OH excluding ortho intramolecular Hbond substituents is 1. The minimum Gasteiger partial charge on any atom is -0.506 e. The van der Waals surface area contributed by atoms with Crippen molar-refractivity contribution in [3.05, 3.63) is 36.0 Å². The average molecular weight is 360 g/mol. The maximum absolute atomic E-state index is 9.88. The zero-order valence-corrected chi connectivity index (χ0v) is 15.6. The van der Waals surface area contributed by atoms with Gasteiger partial charge in [-0.2, -0.15) is 0 Å². The fourth-order valence-electron chi connectivity index (χ4n) is 2.80. The molecule has 2 aromatic rings. The van der Waals surface area contributed by atoms with Gasteiger partial charge < -0.3 is 26.8 Å². The van der Waals surface area contributed by atoms with Crippen LogP contribution >= 0.6 is 0 Å². The van der Waals surface area contributed by atoms with Crippen molar-refractivity contribution in [3.63, 3.8) is 0 Å². The molecule has 0 bridgehead atoms. The Labute approximate surface area is 156 Å². The van der Waals surface area contributed by atoms with E-state index in [1.165, 1.54) is 12.8 Å². The van der Waals surface area contributed by atoms with Gasteiger partial charge in [-0.1, -0.05) is 18.2 Å². The monoisotopic (exact) mass is 359 g/mol. The number of hydrogen-bond donors (Lipinski definition) is 5. The molecule has 6 nitrogen and oxygen atoms in total. The molecule has 2 rings (SSSR count). The highest BCUT2D eigenvalue weighted by atomic mass is 16.3. The molecule has 144 valence electrons. The number of nitrogens with two attached hydrogens (primary N) is 1. The van der Waals surface area contributed by atoms with Crippen molar-refractivity contribution in [1.82, 2.24) is 20.9 Å². The summed E-state index contributed by atoms with van der Waals surface area (Å²) >= 11 is 0. The normalized spacial score (nSPS) is 11.3. The van der Waals surface area contributed by atoms with Crippen LogP contribution in [0.2, 0.25) is 0 Å². The molecule has 0 spiro atoms. The van der Waals surface area contributed by atoms with Crippen molar-refractivity contribution in [2.24, 2.45) is 5.73 Å². The molecule has 0 saturated carbocycles. The highest BCUT2D eigenvalue weighted by Crippen LogP contribution is 2.22. The molecule has 1 aromatic carbocycles. The lowest BCUT2D eigenvalue weighted by molar-refractivity contribution is 0.480. The van der Waals surface area contributed by atoms with Gasteiger partial charge in [-0.3, -0.25) is 0 Å². The van der Waals surface area contributed by atoms with Crippen molar-refractivity contribution >= 4 is 10.9 Å². The lowest BCUT2D eigenvalue weighted by atomic mass is 10.2. The molecule has 6 N–H and O–H groups in total. The van der Waals surface area contributed by atoms with Gasteiger partial charge in [-0.15, -0.1) is 0 Å². The smallest absolute Gasteiger partial charge is 0.141 e. The van der Waals surface area contributed by atoms with Gasteiger partial charge in [0.15, 0.2) is 0 Å². The summed E-state index contributed by atoms with van der Waals surface area (Å²) in [6.07, 6.45) is 4.55. The maximum atomic E-state index is 9.88. The largest absolute Gasteiger partial charge is 0.506 e. The average Bonchev–Trinajstić information content (AvgIpc) is 2.66. The fourth-order valence-corrected chi connectivity index (χ4v) is 2.80. The van der Waals surface area contributed by atoms with Crippen LogP contribution in [0, 0.1) is 0 Å². The summed E-state index contributed by atoms with van der Waals surface area (Å²) in [6.45, 7) is 6.65. The number of rotatable bonds is 14. The van der Waals surface area contributed by atoms with E-state index in [2.05, 4.69) is 20.9 Å². The SMILES string of the molecule is NCCCNCCCCNCCCNCc1ccc2cccc(O)c2n1. The second kappa shape index (κ2) is 12.6. The first-order valence-electron chi connectivity index (χ1n) is 9.71. The van der Waals surface area contributed by atoms with E-state index < -0.39 is 0 Å². The molecule has 0 amide bonds. The summed E-state index contributed by atoms with van der Waals surface area (Å²) in [6, 6.07) is 9.48. The van der Waals surface area contributed by atoms with Gasteiger partial charge in [0.05, 0.1) is 5.69 Å². The summed E-state index contributed by atoms with van der Waals surface area (Å²) in [5.74, 6) is 0.239. The van der Waals surface area contributed by atoms with Crippen molar-refractivity contribution in [1.29, 1.82) is 0 Å². The van der Waals surface area contributed by atoms with E-state index in [4.69, 9.17) is 5.73 Å². The minimum atomic E-state index is 0.239. The molecule has 1 heterocycles. The minimum absolute atomic E-state index is 0.239. The molecule has 0 atom stereocenters. The van der Waals surface area contributed by atoms with Crippen LogP contribution in [-0.2, 0) is 6.54 Å². The molecule has 0 aliphatic rings. The molecule has 0 radical (unpaired) electrons. The lowest BCUT2D eigenvalue weighted by Gasteiger charge is -2.08. The number of hydrogen-bond acceptors (Lipinski definition) is 6. The third kappa shape index (κ3) is 7.66. The number of pyridine rings is 1. The van der Waals surface area contributed by atoms with Gasteiger partial charge in [0.2, 0.25) is 0 Å². The molecular weight excluding hydrogens is 326 g/mol. The number of aromatic hydroxyl groups is 1. The highest BCUT2D eigenvalue weighted by molar-refractivity contribution is 5.84. The van der Waals surface area contributed by atoms with E-state index in [9.17, 15) is 5.11 Å². The summed E-state index contributed by atoms with van der Waals surface area (Å²) in [5.41, 5.74) is 7.08. The van der Waals surface area contributed by atoms with Crippen LogP contribution in [0.25, 0.3) is 10.9 Å². The Bertz CT molecular complexity index is 635. The number of unbranched alkanes of at least 4 members (excludes halogenated alkanes) is 1. The van der Waals surface area contributed by atoms with Crippen molar-refractivity contribution in [2.45, 2.75) is 32.2 Å². The van der Waals surface area contributed by atoms with Crippen LogP contribution in [0.15, 0.2) is 30.3 Å². The van der Waals surface area contributed by atoms with Crippen molar-refractivity contribution in [3.8, 4) is 5.75 Å². The third-order valence-corrected chi connectivity index (χ3v) is 4.28. The zero-order chi connectivity index (χ0) is 18.5. The predicted molar refractivity (Wildman–Crippen MR) is 108 cm³/mol. The van der Waals surface area contributed by atoms with E-state index in [-0.39, 0.29) is 5.75 Å². The first kappa shape index (κ1) is 20.6. The molecule has 26 heavy (non-hydrogen) atoms. The number of benzene rings is 1. The molecule has 0 aliphatic carbocycles.